The quantitative estimate of drug-likeness (QED) is 0.737. The third-order valence-electron chi connectivity index (χ3n) is 2.24. The van der Waals surface area contributed by atoms with Gasteiger partial charge in [0.1, 0.15) is 5.75 Å². The molecule has 0 bridgehead atoms. The fourth-order valence-electron chi connectivity index (χ4n) is 1.28. The van der Waals surface area contributed by atoms with Crippen LogP contribution in [0.1, 0.15) is 24.5 Å². The molecule has 15 heavy (non-hydrogen) atoms. The highest BCUT2D eigenvalue weighted by atomic mass is 35.5. The van der Waals surface area contributed by atoms with Gasteiger partial charge in [-0.3, -0.25) is 4.79 Å². The Morgan fingerprint density at radius 1 is 1.47 bits per heavy atom. The van der Waals surface area contributed by atoms with E-state index in [1.807, 2.05) is 39.0 Å². The normalized spacial score (nSPS) is 12.3. The number of rotatable bonds is 4. The van der Waals surface area contributed by atoms with Crippen LogP contribution in [0.25, 0.3) is 0 Å². The maximum absolute atomic E-state index is 11.0. The maximum atomic E-state index is 11.0. The molecular formula is C12H15ClO2. The summed E-state index contributed by atoms with van der Waals surface area (Å²) in [6.07, 6.45) is 0.0302. The molecule has 82 valence electrons. The lowest BCUT2D eigenvalue weighted by atomic mass is 10.1. The molecule has 0 aliphatic heterocycles. The highest BCUT2D eigenvalue weighted by molar-refractivity contribution is 6.64. The molecule has 0 spiro atoms. The van der Waals surface area contributed by atoms with Crippen LogP contribution in [-0.4, -0.2) is 11.3 Å². The highest BCUT2D eigenvalue weighted by Gasteiger charge is 2.16. The number of hydrogen-bond donors (Lipinski definition) is 0. The van der Waals surface area contributed by atoms with Crippen LogP contribution in [0.2, 0.25) is 0 Å². The Kier molecular flexibility index (Phi) is 4.15. The summed E-state index contributed by atoms with van der Waals surface area (Å²) in [5.74, 6) is 0.732. The molecule has 1 rings (SSSR count). The summed E-state index contributed by atoms with van der Waals surface area (Å²) >= 11 is 5.42. The van der Waals surface area contributed by atoms with E-state index >= 15 is 0 Å². The summed E-state index contributed by atoms with van der Waals surface area (Å²) in [7, 11) is 0. The molecule has 1 atom stereocenters. The van der Waals surface area contributed by atoms with Gasteiger partial charge in [-0.15, -0.1) is 0 Å². The van der Waals surface area contributed by atoms with Gasteiger partial charge in [0.05, 0.1) is 0 Å². The van der Waals surface area contributed by atoms with Gasteiger partial charge in [0.15, 0.2) is 6.10 Å². The van der Waals surface area contributed by atoms with E-state index in [4.69, 9.17) is 16.3 Å². The predicted molar refractivity (Wildman–Crippen MR) is 61.5 cm³/mol. The first-order chi connectivity index (χ1) is 7.04. The monoisotopic (exact) mass is 226 g/mol. The average molecular weight is 227 g/mol. The minimum Gasteiger partial charge on any atom is -0.481 e. The van der Waals surface area contributed by atoms with E-state index in [1.54, 1.807) is 0 Å². The molecule has 0 amide bonds. The molecule has 0 radical (unpaired) electrons. The number of benzene rings is 1. The van der Waals surface area contributed by atoms with Crippen molar-refractivity contribution in [3.63, 3.8) is 0 Å². The van der Waals surface area contributed by atoms with Crippen molar-refractivity contribution in [1.29, 1.82) is 0 Å². The molecule has 0 aromatic heterocycles. The number of halogens is 1. The van der Waals surface area contributed by atoms with Crippen molar-refractivity contribution in [2.24, 2.45) is 0 Å². The lowest BCUT2D eigenvalue weighted by molar-refractivity contribution is -0.117. The Bertz CT molecular complexity index is 361. The standard InChI is InChI=1S/C12H15ClO2/c1-4-10(12(13)14)15-11-7-8(2)5-6-9(11)3/h5-7,10H,4H2,1-3H3/t10-/m0/s1. The third kappa shape index (κ3) is 3.24. The number of carbonyl (C=O) groups is 1. The average Bonchev–Trinajstić information content (AvgIpc) is 2.18. The number of carbonyl (C=O) groups excluding carboxylic acids is 1. The van der Waals surface area contributed by atoms with Gasteiger partial charge in [-0.05, 0) is 49.1 Å². The number of ether oxygens (including phenoxy) is 1. The SMILES string of the molecule is CC[C@H](Oc1cc(C)ccc1C)C(=O)Cl. The molecule has 0 N–H and O–H groups in total. The van der Waals surface area contributed by atoms with E-state index in [1.165, 1.54) is 0 Å². The van der Waals surface area contributed by atoms with Crippen LogP contribution < -0.4 is 4.74 Å². The Balaban J connectivity index is 2.87. The lowest BCUT2D eigenvalue weighted by Crippen LogP contribution is -2.22. The molecule has 0 fully saturated rings. The molecule has 0 unspecified atom stereocenters. The van der Waals surface area contributed by atoms with Crippen molar-refractivity contribution in [1.82, 2.24) is 0 Å². The fourth-order valence-corrected chi connectivity index (χ4v) is 1.48. The second kappa shape index (κ2) is 5.17. The van der Waals surface area contributed by atoms with Crippen molar-refractivity contribution in [2.45, 2.75) is 33.3 Å². The van der Waals surface area contributed by atoms with E-state index in [9.17, 15) is 4.79 Å². The fraction of sp³-hybridized carbons (Fsp3) is 0.417. The Morgan fingerprint density at radius 3 is 2.67 bits per heavy atom. The molecule has 1 aromatic rings. The summed E-state index contributed by atoms with van der Waals surface area (Å²) in [6, 6.07) is 5.89. The van der Waals surface area contributed by atoms with E-state index in [0.29, 0.717) is 6.42 Å². The zero-order valence-electron chi connectivity index (χ0n) is 9.21. The highest BCUT2D eigenvalue weighted by Crippen LogP contribution is 2.21. The van der Waals surface area contributed by atoms with E-state index in [0.717, 1.165) is 16.9 Å². The first-order valence-electron chi connectivity index (χ1n) is 4.97. The Labute approximate surface area is 95.2 Å². The van der Waals surface area contributed by atoms with Crippen LogP contribution in [0, 0.1) is 13.8 Å². The summed E-state index contributed by atoms with van der Waals surface area (Å²) in [4.78, 5) is 11.0. The largest absolute Gasteiger partial charge is 0.481 e. The first kappa shape index (κ1) is 12.1. The van der Waals surface area contributed by atoms with Gasteiger partial charge in [-0.1, -0.05) is 19.1 Å². The van der Waals surface area contributed by atoms with Crippen LogP contribution in [-0.2, 0) is 4.79 Å². The predicted octanol–water partition coefficient (Wildman–Crippen LogP) is 3.23. The van der Waals surface area contributed by atoms with Crippen LogP contribution in [0.5, 0.6) is 5.75 Å². The molecule has 0 saturated carbocycles. The minimum absolute atomic E-state index is 0.446. The first-order valence-corrected chi connectivity index (χ1v) is 5.35. The number of hydrogen-bond acceptors (Lipinski definition) is 2. The Morgan fingerprint density at radius 2 is 2.13 bits per heavy atom. The summed E-state index contributed by atoms with van der Waals surface area (Å²) in [5.41, 5.74) is 2.12. The van der Waals surface area contributed by atoms with Gasteiger partial charge in [-0.25, -0.2) is 0 Å². The third-order valence-corrected chi connectivity index (χ3v) is 2.48. The second-order valence-corrected chi connectivity index (χ2v) is 3.96. The molecule has 3 heteroatoms. The molecule has 0 aliphatic rings. The summed E-state index contributed by atoms with van der Waals surface area (Å²) < 4.78 is 5.56. The zero-order chi connectivity index (χ0) is 11.4. The van der Waals surface area contributed by atoms with Crippen molar-refractivity contribution >= 4 is 16.8 Å². The smallest absolute Gasteiger partial charge is 0.262 e. The number of aryl methyl sites for hydroxylation is 2. The maximum Gasteiger partial charge on any atom is 0.262 e. The van der Waals surface area contributed by atoms with Crippen LogP contribution in [0.3, 0.4) is 0 Å². The molecule has 0 aliphatic carbocycles. The van der Waals surface area contributed by atoms with E-state index in [2.05, 4.69) is 0 Å². The van der Waals surface area contributed by atoms with E-state index < -0.39 is 11.3 Å². The van der Waals surface area contributed by atoms with Crippen molar-refractivity contribution in [3.05, 3.63) is 29.3 Å². The van der Waals surface area contributed by atoms with Gasteiger partial charge in [0, 0.05) is 0 Å². The van der Waals surface area contributed by atoms with Crippen molar-refractivity contribution in [2.75, 3.05) is 0 Å². The minimum atomic E-state index is -0.549. The van der Waals surface area contributed by atoms with Crippen molar-refractivity contribution < 1.29 is 9.53 Å². The Hall–Kier alpha value is -1.02. The molecule has 1 aromatic carbocycles. The van der Waals surface area contributed by atoms with Gasteiger partial charge in [-0.2, -0.15) is 0 Å². The molecule has 0 saturated heterocycles. The van der Waals surface area contributed by atoms with Crippen molar-refractivity contribution in [3.8, 4) is 5.75 Å². The topological polar surface area (TPSA) is 26.3 Å². The molecule has 0 heterocycles. The van der Waals surface area contributed by atoms with Gasteiger partial charge >= 0.3 is 0 Å². The van der Waals surface area contributed by atoms with Gasteiger partial charge < -0.3 is 4.74 Å². The van der Waals surface area contributed by atoms with Crippen LogP contribution in [0.4, 0.5) is 0 Å². The van der Waals surface area contributed by atoms with Crippen LogP contribution >= 0.6 is 11.6 Å². The lowest BCUT2D eigenvalue weighted by Gasteiger charge is -2.15. The molecular weight excluding hydrogens is 212 g/mol. The second-order valence-electron chi connectivity index (χ2n) is 3.59. The van der Waals surface area contributed by atoms with Gasteiger partial charge in [0.25, 0.3) is 5.24 Å². The van der Waals surface area contributed by atoms with Gasteiger partial charge in [0.2, 0.25) is 0 Å². The zero-order valence-corrected chi connectivity index (χ0v) is 9.97. The summed E-state index contributed by atoms with van der Waals surface area (Å²) in [5, 5.41) is -0.446. The molecule has 2 nitrogen and oxygen atoms in total. The van der Waals surface area contributed by atoms with E-state index in [-0.39, 0.29) is 0 Å². The van der Waals surface area contributed by atoms with Crippen LogP contribution in [0.15, 0.2) is 18.2 Å². The summed E-state index contributed by atoms with van der Waals surface area (Å²) in [6.45, 7) is 5.80.